The predicted molar refractivity (Wildman–Crippen MR) is 219 cm³/mol. The van der Waals surface area contributed by atoms with Gasteiger partial charge in [0, 0.05) is 32.9 Å². The minimum absolute atomic E-state index is 1.07. The molecule has 1 aliphatic carbocycles. The van der Waals surface area contributed by atoms with Gasteiger partial charge in [-0.2, -0.15) is 0 Å². The second-order valence-corrected chi connectivity index (χ2v) is 14.1. The van der Waals surface area contributed by atoms with Gasteiger partial charge >= 0.3 is 0 Å². The molecule has 2 heterocycles. The number of aromatic nitrogens is 2. The number of hydrogen-bond donors (Lipinski definition) is 0. The summed E-state index contributed by atoms with van der Waals surface area (Å²) in [6.07, 6.45) is 2.16. The van der Waals surface area contributed by atoms with Gasteiger partial charge in [0.1, 0.15) is 0 Å². The first kappa shape index (κ1) is 29.1. The molecular formula is C50H34N2. The normalized spacial score (nSPS) is 12.5. The zero-order valence-corrected chi connectivity index (χ0v) is 28.6. The van der Waals surface area contributed by atoms with E-state index in [9.17, 15) is 0 Å². The quantitative estimate of drug-likeness (QED) is 0.177. The van der Waals surface area contributed by atoms with Gasteiger partial charge in [-0.3, -0.25) is 0 Å². The molecule has 52 heavy (non-hydrogen) atoms. The lowest BCUT2D eigenvalue weighted by Gasteiger charge is -2.21. The third-order valence-electron chi connectivity index (χ3n) is 11.2. The van der Waals surface area contributed by atoms with E-state index in [1.54, 1.807) is 0 Å². The van der Waals surface area contributed by atoms with Gasteiger partial charge in [0.25, 0.3) is 0 Å². The predicted octanol–water partition coefficient (Wildman–Crippen LogP) is 13.0. The Hall–Kier alpha value is -6.64. The van der Waals surface area contributed by atoms with Crippen molar-refractivity contribution in [3.05, 3.63) is 193 Å². The summed E-state index contributed by atoms with van der Waals surface area (Å²) in [6.45, 7) is 0. The molecule has 10 aromatic rings. The highest BCUT2D eigenvalue weighted by Gasteiger charge is 2.19. The molecule has 2 aromatic heterocycles. The van der Waals surface area contributed by atoms with Crippen molar-refractivity contribution in [2.75, 3.05) is 0 Å². The van der Waals surface area contributed by atoms with Crippen molar-refractivity contribution in [2.24, 2.45) is 0 Å². The summed E-state index contributed by atoms with van der Waals surface area (Å²) in [7, 11) is 0. The van der Waals surface area contributed by atoms with Crippen molar-refractivity contribution in [1.82, 2.24) is 9.13 Å². The average Bonchev–Trinajstić information content (AvgIpc) is 3.73. The maximum Gasteiger partial charge on any atom is 0.0541 e. The first-order chi connectivity index (χ1) is 25.8. The molecule has 0 bridgehead atoms. The number of aryl methyl sites for hydroxylation is 2. The number of fused-ring (bicyclic) bond motifs is 9. The number of rotatable bonds is 4. The van der Waals surface area contributed by atoms with Gasteiger partial charge in [0.2, 0.25) is 0 Å². The smallest absolute Gasteiger partial charge is 0.0541 e. The van der Waals surface area contributed by atoms with Crippen LogP contribution >= 0.6 is 0 Å². The first-order valence-electron chi connectivity index (χ1n) is 18.2. The summed E-state index contributed by atoms with van der Waals surface area (Å²) in [5.41, 5.74) is 17.8. The molecule has 0 saturated carbocycles. The molecule has 11 rings (SSSR count). The fourth-order valence-corrected chi connectivity index (χ4v) is 8.78. The summed E-state index contributed by atoms with van der Waals surface area (Å²) in [5, 5.41) is 5.07. The van der Waals surface area contributed by atoms with E-state index in [0.717, 1.165) is 12.8 Å². The number of para-hydroxylation sites is 2. The molecule has 2 heteroatoms. The fraction of sp³-hybridized carbons (Fsp3) is 0.0400. The largest absolute Gasteiger partial charge is 0.309 e. The first-order valence-corrected chi connectivity index (χ1v) is 18.2. The number of nitrogens with zero attached hydrogens (tertiary/aromatic N) is 2. The number of hydrogen-bond acceptors (Lipinski definition) is 0. The van der Waals surface area contributed by atoms with E-state index >= 15 is 0 Å². The highest BCUT2D eigenvalue weighted by Crippen LogP contribution is 2.40. The fourth-order valence-electron chi connectivity index (χ4n) is 8.78. The van der Waals surface area contributed by atoms with Crippen molar-refractivity contribution >= 4 is 43.6 Å². The van der Waals surface area contributed by atoms with Crippen LogP contribution in [0.1, 0.15) is 11.1 Å². The van der Waals surface area contributed by atoms with Crippen molar-refractivity contribution < 1.29 is 0 Å². The second kappa shape index (κ2) is 11.4. The lowest BCUT2D eigenvalue weighted by Crippen LogP contribution is -2.05. The third kappa shape index (κ3) is 4.44. The highest BCUT2D eigenvalue weighted by molar-refractivity contribution is 6.12. The summed E-state index contributed by atoms with van der Waals surface area (Å²) < 4.78 is 4.87. The number of benzene rings is 8. The van der Waals surface area contributed by atoms with Gasteiger partial charge in [0.05, 0.1) is 22.1 Å². The monoisotopic (exact) mass is 662 g/mol. The standard InChI is InChI=1S/C50H34N2/c1-2-11-33(12-3-1)35-14-10-15-39(29-35)51-47-19-8-6-17-43(47)45-31-36(23-27-49(45)51)37-24-28-50-46(32-37)44-18-7-9-20-48(44)52(50)40-25-26-42-38(30-40)22-21-34-13-4-5-16-41(34)42/h1-20,23-32H,21-22H2. The maximum atomic E-state index is 2.45. The van der Waals surface area contributed by atoms with Crippen molar-refractivity contribution in [3.8, 4) is 44.8 Å². The minimum Gasteiger partial charge on any atom is -0.309 e. The van der Waals surface area contributed by atoms with Crippen molar-refractivity contribution in [3.63, 3.8) is 0 Å². The lowest BCUT2D eigenvalue weighted by atomic mass is 9.85. The van der Waals surface area contributed by atoms with Crippen molar-refractivity contribution in [2.45, 2.75) is 12.8 Å². The van der Waals surface area contributed by atoms with E-state index in [2.05, 4.69) is 191 Å². The Labute approximate surface area is 302 Å². The van der Waals surface area contributed by atoms with Gasteiger partial charge in [-0.05, 0) is 118 Å². The van der Waals surface area contributed by atoms with Gasteiger partial charge < -0.3 is 9.13 Å². The molecule has 244 valence electrons. The zero-order valence-electron chi connectivity index (χ0n) is 28.6. The molecule has 0 fully saturated rings. The molecule has 0 unspecified atom stereocenters. The van der Waals surface area contributed by atoms with Crippen LogP contribution in [0.25, 0.3) is 88.4 Å². The third-order valence-corrected chi connectivity index (χ3v) is 11.2. The highest BCUT2D eigenvalue weighted by atomic mass is 15.0. The molecule has 0 saturated heterocycles. The van der Waals surface area contributed by atoms with Gasteiger partial charge in [0.15, 0.2) is 0 Å². The van der Waals surface area contributed by atoms with Crippen LogP contribution in [0.2, 0.25) is 0 Å². The summed E-state index contributed by atoms with van der Waals surface area (Å²) in [4.78, 5) is 0. The van der Waals surface area contributed by atoms with Crippen LogP contribution in [0.3, 0.4) is 0 Å². The Morgan fingerprint density at radius 1 is 0.288 bits per heavy atom. The molecule has 0 amide bonds. The molecule has 1 aliphatic rings. The molecule has 0 N–H and O–H groups in total. The van der Waals surface area contributed by atoms with Crippen LogP contribution < -0.4 is 0 Å². The molecule has 8 aromatic carbocycles. The summed E-state index contributed by atoms with van der Waals surface area (Å²) >= 11 is 0. The Morgan fingerprint density at radius 2 is 0.808 bits per heavy atom. The van der Waals surface area contributed by atoms with Crippen LogP contribution in [0, 0.1) is 0 Å². The summed E-state index contributed by atoms with van der Waals surface area (Å²) in [5.74, 6) is 0. The van der Waals surface area contributed by atoms with Gasteiger partial charge in [-0.1, -0.05) is 121 Å². The minimum atomic E-state index is 1.07. The SMILES string of the molecule is c1ccc(-c2cccc(-n3c4ccccc4c4cc(-c5ccc6c(c5)c5ccccc5n6-c5ccc6c(c5)CCc5ccccc5-6)ccc43)c2)cc1. The van der Waals surface area contributed by atoms with E-state index < -0.39 is 0 Å². The van der Waals surface area contributed by atoms with E-state index in [4.69, 9.17) is 0 Å². The molecular weight excluding hydrogens is 629 g/mol. The van der Waals surface area contributed by atoms with E-state index in [1.165, 1.54) is 99.5 Å². The Balaban J connectivity index is 1.05. The Bertz CT molecular complexity index is 3010. The van der Waals surface area contributed by atoms with Crippen LogP contribution in [-0.2, 0) is 12.8 Å². The van der Waals surface area contributed by atoms with Crippen molar-refractivity contribution in [1.29, 1.82) is 0 Å². The maximum absolute atomic E-state index is 2.45. The summed E-state index contributed by atoms with van der Waals surface area (Å²) in [6, 6.07) is 67.1. The van der Waals surface area contributed by atoms with Gasteiger partial charge in [-0.25, -0.2) is 0 Å². The van der Waals surface area contributed by atoms with Crippen LogP contribution in [-0.4, -0.2) is 9.13 Å². The van der Waals surface area contributed by atoms with E-state index in [1.807, 2.05) is 0 Å². The van der Waals surface area contributed by atoms with E-state index in [-0.39, 0.29) is 0 Å². The van der Waals surface area contributed by atoms with Gasteiger partial charge in [-0.15, -0.1) is 0 Å². The lowest BCUT2D eigenvalue weighted by molar-refractivity contribution is 0.938. The Morgan fingerprint density at radius 3 is 1.52 bits per heavy atom. The van der Waals surface area contributed by atoms with Crippen LogP contribution in [0.15, 0.2) is 182 Å². The van der Waals surface area contributed by atoms with Crippen LogP contribution in [0.4, 0.5) is 0 Å². The topological polar surface area (TPSA) is 9.86 Å². The van der Waals surface area contributed by atoms with E-state index in [0.29, 0.717) is 0 Å². The second-order valence-electron chi connectivity index (χ2n) is 14.1. The molecule has 0 aliphatic heterocycles. The molecule has 2 nitrogen and oxygen atoms in total. The zero-order chi connectivity index (χ0) is 34.2. The average molecular weight is 663 g/mol. The Kier molecular flexibility index (Phi) is 6.41. The molecule has 0 radical (unpaired) electrons. The molecule has 0 atom stereocenters. The van der Waals surface area contributed by atoms with Crippen LogP contribution in [0.5, 0.6) is 0 Å². The molecule has 0 spiro atoms.